The summed E-state index contributed by atoms with van der Waals surface area (Å²) in [6.45, 7) is 7.84. The average molecular weight is 308 g/mol. The molecule has 1 saturated heterocycles. The molecule has 0 aliphatic carbocycles. The summed E-state index contributed by atoms with van der Waals surface area (Å²) < 4.78 is 1.86. The molecule has 0 atom stereocenters. The molecule has 118 valence electrons. The van der Waals surface area contributed by atoms with Crippen molar-refractivity contribution in [2.24, 2.45) is 0 Å². The van der Waals surface area contributed by atoms with Gasteiger partial charge < -0.3 is 9.80 Å². The Morgan fingerprint density at radius 3 is 2.30 bits per heavy atom. The number of hydrogen-bond donors (Lipinski definition) is 0. The molecule has 3 aromatic rings. The molecular weight excluding hydrogens is 288 g/mol. The maximum Gasteiger partial charge on any atom is 0.254 e. The number of para-hydroxylation sites is 1. The average Bonchev–Trinajstić information content (AvgIpc) is 2.95. The molecule has 3 heterocycles. The van der Waals surface area contributed by atoms with Crippen molar-refractivity contribution in [2.45, 2.75) is 13.8 Å². The van der Waals surface area contributed by atoms with Crippen molar-refractivity contribution >= 4 is 17.3 Å². The van der Waals surface area contributed by atoms with Crippen LogP contribution in [0.15, 0.2) is 36.4 Å². The highest BCUT2D eigenvalue weighted by atomic mass is 15.4. The Morgan fingerprint density at radius 1 is 0.870 bits per heavy atom. The number of piperazine rings is 1. The molecule has 0 saturated carbocycles. The Bertz CT molecular complexity index is 818. The fourth-order valence-corrected chi connectivity index (χ4v) is 3.13. The fraction of sp³-hybridized carbons (Fsp3) is 0.353. The van der Waals surface area contributed by atoms with Crippen LogP contribution in [0, 0.1) is 13.8 Å². The van der Waals surface area contributed by atoms with Crippen molar-refractivity contribution in [1.82, 2.24) is 19.6 Å². The first-order valence-corrected chi connectivity index (χ1v) is 7.97. The van der Waals surface area contributed by atoms with Gasteiger partial charge in [-0.25, -0.2) is 4.98 Å². The quantitative estimate of drug-likeness (QED) is 0.725. The summed E-state index contributed by atoms with van der Waals surface area (Å²) >= 11 is 0. The van der Waals surface area contributed by atoms with E-state index in [1.54, 1.807) is 0 Å². The Labute approximate surface area is 135 Å². The third kappa shape index (κ3) is 2.60. The minimum absolute atomic E-state index is 0.683. The number of nitrogens with zero attached hydrogens (tertiary/aromatic N) is 6. The van der Waals surface area contributed by atoms with Crippen molar-refractivity contribution in [2.75, 3.05) is 36.0 Å². The molecule has 23 heavy (non-hydrogen) atoms. The summed E-state index contributed by atoms with van der Waals surface area (Å²) in [6, 6.07) is 12.7. The molecule has 0 spiro atoms. The zero-order valence-electron chi connectivity index (χ0n) is 13.5. The van der Waals surface area contributed by atoms with Crippen molar-refractivity contribution in [3.8, 4) is 0 Å². The van der Waals surface area contributed by atoms with Crippen LogP contribution in [0.3, 0.4) is 0 Å². The van der Waals surface area contributed by atoms with Crippen LogP contribution in [0.4, 0.5) is 11.5 Å². The minimum atomic E-state index is 0.683. The van der Waals surface area contributed by atoms with E-state index in [0.717, 1.165) is 43.5 Å². The Kier molecular flexibility index (Phi) is 3.37. The Hall–Kier alpha value is -2.63. The van der Waals surface area contributed by atoms with Gasteiger partial charge in [0.15, 0.2) is 0 Å². The molecule has 1 aliphatic heterocycles. The van der Waals surface area contributed by atoms with Gasteiger partial charge in [0.25, 0.3) is 5.78 Å². The summed E-state index contributed by atoms with van der Waals surface area (Å²) in [5, 5.41) is 4.49. The third-order valence-corrected chi connectivity index (χ3v) is 4.25. The van der Waals surface area contributed by atoms with Crippen molar-refractivity contribution in [3.63, 3.8) is 0 Å². The van der Waals surface area contributed by atoms with Gasteiger partial charge in [-0.1, -0.05) is 18.2 Å². The Balaban J connectivity index is 1.59. The second kappa shape index (κ2) is 5.53. The van der Waals surface area contributed by atoms with E-state index in [4.69, 9.17) is 0 Å². The topological polar surface area (TPSA) is 49.6 Å². The smallest absolute Gasteiger partial charge is 0.254 e. The second-order valence-electron chi connectivity index (χ2n) is 5.94. The third-order valence-electron chi connectivity index (χ3n) is 4.25. The Morgan fingerprint density at radius 2 is 1.57 bits per heavy atom. The number of anilines is 2. The van der Waals surface area contributed by atoms with Crippen molar-refractivity contribution < 1.29 is 0 Å². The predicted octanol–water partition coefficient (Wildman–Crippen LogP) is 2.07. The number of aromatic nitrogens is 4. The van der Waals surface area contributed by atoms with E-state index in [0.29, 0.717) is 5.78 Å². The highest BCUT2D eigenvalue weighted by Crippen LogP contribution is 2.21. The van der Waals surface area contributed by atoms with Crippen LogP contribution in [0.1, 0.15) is 11.5 Å². The monoisotopic (exact) mass is 308 g/mol. The number of hydrogen-bond acceptors (Lipinski definition) is 5. The largest absolute Gasteiger partial charge is 0.368 e. The van der Waals surface area contributed by atoms with Gasteiger partial charge in [-0.3, -0.25) is 0 Å². The zero-order chi connectivity index (χ0) is 15.8. The van der Waals surface area contributed by atoms with Gasteiger partial charge in [0, 0.05) is 43.6 Å². The summed E-state index contributed by atoms with van der Waals surface area (Å²) in [4.78, 5) is 13.7. The molecule has 4 rings (SSSR count). The van der Waals surface area contributed by atoms with E-state index >= 15 is 0 Å². The van der Waals surface area contributed by atoms with E-state index in [1.807, 2.05) is 18.4 Å². The van der Waals surface area contributed by atoms with Crippen molar-refractivity contribution in [3.05, 3.63) is 47.9 Å². The molecule has 6 nitrogen and oxygen atoms in total. The van der Waals surface area contributed by atoms with Crippen LogP contribution in [0.25, 0.3) is 5.78 Å². The fourth-order valence-electron chi connectivity index (χ4n) is 3.13. The maximum atomic E-state index is 4.49. The molecule has 1 aromatic carbocycles. The highest BCUT2D eigenvalue weighted by Gasteiger charge is 2.20. The van der Waals surface area contributed by atoms with Crippen molar-refractivity contribution in [1.29, 1.82) is 0 Å². The number of aryl methyl sites for hydroxylation is 2. The van der Waals surface area contributed by atoms with E-state index < -0.39 is 0 Å². The molecule has 0 bridgehead atoms. The number of fused-ring (bicyclic) bond motifs is 1. The normalized spacial score (nSPS) is 15.4. The first-order valence-electron chi connectivity index (χ1n) is 7.97. The molecule has 1 fully saturated rings. The lowest BCUT2D eigenvalue weighted by molar-refractivity contribution is 0.638. The van der Waals surface area contributed by atoms with Crippen LogP contribution in [0.5, 0.6) is 0 Å². The van der Waals surface area contributed by atoms with Crippen LogP contribution in [-0.4, -0.2) is 45.8 Å². The van der Waals surface area contributed by atoms with Gasteiger partial charge in [0.05, 0.1) is 0 Å². The van der Waals surface area contributed by atoms with Crippen LogP contribution < -0.4 is 9.80 Å². The lowest BCUT2D eigenvalue weighted by Crippen LogP contribution is -2.47. The standard InChI is InChI=1S/C17H20N6/c1-13-12-16(23-17(18-13)19-14(2)20-23)22-10-8-21(9-11-22)15-6-4-3-5-7-15/h3-7,12H,8-11H2,1-2H3. The van der Waals surface area contributed by atoms with Crippen LogP contribution in [0.2, 0.25) is 0 Å². The first-order chi connectivity index (χ1) is 11.2. The molecule has 0 N–H and O–H groups in total. The molecule has 0 unspecified atom stereocenters. The lowest BCUT2D eigenvalue weighted by atomic mass is 10.2. The van der Waals surface area contributed by atoms with Gasteiger partial charge in [-0.05, 0) is 26.0 Å². The van der Waals surface area contributed by atoms with E-state index in [-0.39, 0.29) is 0 Å². The maximum absolute atomic E-state index is 4.49. The SMILES string of the molecule is Cc1cc(N2CCN(c3ccccc3)CC2)n2nc(C)nc2n1. The van der Waals surface area contributed by atoms with Gasteiger partial charge in [-0.15, -0.1) is 5.10 Å². The summed E-state index contributed by atoms with van der Waals surface area (Å²) in [5.41, 5.74) is 2.27. The molecule has 1 aliphatic rings. The number of rotatable bonds is 2. The summed E-state index contributed by atoms with van der Waals surface area (Å²) in [5.74, 6) is 2.52. The predicted molar refractivity (Wildman–Crippen MR) is 91.1 cm³/mol. The molecular formula is C17H20N6. The molecule has 6 heteroatoms. The summed E-state index contributed by atoms with van der Waals surface area (Å²) in [7, 11) is 0. The highest BCUT2D eigenvalue weighted by molar-refractivity contribution is 5.51. The van der Waals surface area contributed by atoms with Gasteiger partial charge in [-0.2, -0.15) is 9.50 Å². The lowest BCUT2D eigenvalue weighted by Gasteiger charge is -2.37. The first kappa shape index (κ1) is 14.0. The molecule has 2 aromatic heterocycles. The minimum Gasteiger partial charge on any atom is -0.368 e. The van der Waals surface area contributed by atoms with E-state index in [2.05, 4.69) is 61.3 Å². The van der Waals surface area contributed by atoms with Crippen LogP contribution in [-0.2, 0) is 0 Å². The number of benzene rings is 1. The van der Waals surface area contributed by atoms with E-state index in [1.165, 1.54) is 5.69 Å². The van der Waals surface area contributed by atoms with Gasteiger partial charge in [0.2, 0.25) is 0 Å². The van der Waals surface area contributed by atoms with Gasteiger partial charge in [0.1, 0.15) is 11.6 Å². The zero-order valence-corrected chi connectivity index (χ0v) is 13.5. The van der Waals surface area contributed by atoms with Crippen LogP contribution >= 0.6 is 0 Å². The molecule has 0 radical (unpaired) electrons. The van der Waals surface area contributed by atoms with Gasteiger partial charge >= 0.3 is 0 Å². The van der Waals surface area contributed by atoms with E-state index in [9.17, 15) is 0 Å². The molecule has 0 amide bonds. The summed E-state index contributed by atoms with van der Waals surface area (Å²) in [6.07, 6.45) is 0. The second-order valence-corrected chi connectivity index (χ2v) is 5.94.